The molecule has 1 aliphatic rings. The van der Waals surface area contributed by atoms with E-state index in [1.54, 1.807) is 25.4 Å². The van der Waals surface area contributed by atoms with Crippen molar-refractivity contribution in [2.75, 3.05) is 20.2 Å². The van der Waals surface area contributed by atoms with Gasteiger partial charge in [0.25, 0.3) is 5.91 Å². The molecule has 2 aromatic carbocycles. The smallest absolute Gasteiger partial charge is 0.257 e. The van der Waals surface area contributed by atoms with Crippen molar-refractivity contribution in [2.24, 2.45) is 0 Å². The molecule has 0 spiro atoms. The van der Waals surface area contributed by atoms with Crippen LogP contribution in [0.1, 0.15) is 28.8 Å². The first kappa shape index (κ1) is 22.3. The number of pyridine rings is 1. The Morgan fingerprint density at radius 1 is 1.09 bits per heavy atom. The number of ether oxygens (including phenoxy) is 2. The largest absolute Gasteiger partial charge is 0.497 e. The number of carbonyl (C=O) groups excluding carboxylic acids is 1. The summed E-state index contributed by atoms with van der Waals surface area (Å²) in [6.07, 6.45) is 3.43. The highest BCUT2D eigenvalue weighted by molar-refractivity contribution is 9.10. The Hall–Kier alpha value is -2.90. The SMILES string of the molecule is COc1cccc(CN2CCC(NC(=O)c3cccnc3Oc3ccc(Br)cc3)CC2)c1. The van der Waals surface area contributed by atoms with Crippen LogP contribution >= 0.6 is 15.9 Å². The first-order chi connectivity index (χ1) is 15.6. The van der Waals surface area contributed by atoms with Crippen LogP contribution in [0.5, 0.6) is 17.4 Å². The lowest BCUT2D eigenvalue weighted by Crippen LogP contribution is -2.44. The summed E-state index contributed by atoms with van der Waals surface area (Å²) in [4.78, 5) is 19.6. The summed E-state index contributed by atoms with van der Waals surface area (Å²) in [6, 6.07) is 19.2. The van der Waals surface area contributed by atoms with Gasteiger partial charge in [0.2, 0.25) is 5.88 Å². The molecule has 2 heterocycles. The maximum absolute atomic E-state index is 13.0. The van der Waals surface area contributed by atoms with Gasteiger partial charge in [0.15, 0.2) is 0 Å². The van der Waals surface area contributed by atoms with Gasteiger partial charge in [-0.15, -0.1) is 0 Å². The van der Waals surface area contributed by atoms with Crippen LogP contribution in [0.15, 0.2) is 71.3 Å². The molecular formula is C25H26BrN3O3. The number of rotatable bonds is 7. The first-order valence-corrected chi connectivity index (χ1v) is 11.4. The van der Waals surface area contributed by atoms with Gasteiger partial charge < -0.3 is 14.8 Å². The summed E-state index contributed by atoms with van der Waals surface area (Å²) in [5, 5.41) is 3.16. The number of hydrogen-bond acceptors (Lipinski definition) is 5. The summed E-state index contributed by atoms with van der Waals surface area (Å²) in [7, 11) is 1.69. The number of carbonyl (C=O) groups is 1. The normalized spacial score (nSPS) is 14.7. The minimum absolute atomic E-state index is 0.129. The number of methoxy groups -OCH3 is 1. The number of aromatic nitrogens is 1. The molecule has 1 N–H and O–H groups in total. The monoisotopic (exact) mass is 495 g/mol. The van der Waals surface area contributed by atoms with Gasteiger partial charge in [0.05, 0.1) is 7.11 Å². The number of likely N-dealkylation sites (tertiary alicyclic amines) is 1. The zero-order valence-electron chi connectivity index (χ0n) is 18.0. The highest BCUT2D eigenvalue weighted by atomic mass is 79.9. The van der Waals surface area contributed by atoms with Crippen molar-refractivity contribution in [2.45, 2.75) is 25.4 Å². The van der Waals surface area contributed by atoms with Gasteiger partial charge in [0.1, 0.15) is 17.1 Å². The van der Waals surface area contributed by atoms with Crippen LogP contribution in [-0.2, 0) is 6.54 Å². The zero-order valence-corrected chi connectivity index (χ0v) is 19.5. The van der Waals surface area contributed by atoms with Crippen molar-refractivity contribution in [3.05, 3.63) is 82.5 Å². The summed E-state index contributed by atoms with van der Waals surface area (Å²) in [6.45, 7) is 2.74. The van der Waals surface area contributed by atoms with Gasteiger partial charge >= 0.3 is 0 Å². The van der Waals surface area contributed by atoms with E-state index in [0.29, 0.717) is 17.2 Å². The molecule has 0 aliphatic carbocycles. The van der Waals surface area contributed by atoms with Crippen molar-refractivity contribution in [3.8, 4) is 17.4 Å². The summed E-state index contributed by atoms with van der Waals surface area (Å²) in [5.41, 5.74) is 1.67. The summed E-state index contributed by atoms with van der Waals surface area (Å²) in [5.74, 6) is 1.66. The van der Waals surface area contributed by atoms with Crippen molar-refractivity contribution in [1.29, 1.82) is 0 Å². The average Bonchev–Trinajstić information content (AvgIpc) is 2.82. The van der Waals surface area contributed by atoms with Crippen molar-refractivity contribution in [1.82, 2.24) is 15.2 Å². The van der Waals surface area contributed by atoms with Crippen molar-refractivity contribution in [3.63, 3.8) is 0 Å². The Kier molecular flexibility index (Phi) is 7.39. The predicted octanol–water partition coefficient (Wildman–Crippen LogP) is 5.04. The standard InChI is InChI=1S/C25H26BrN3O3/c1-31-22-5-2-4-18(16-22)17-29-14-11-20(12-15-29)28-24(30)23-6-3-13-27-25(23)32-21-9-7-19(26)8-10-21/h2-10,13,16,20H,11-12,14-15,17H2,1H3,(H,28,30). The maximum Gasteiger partial charge on any atom is 0.257 e. The lowest BCUT2D eigenvalue weighted by molar-refractivity contribution is 0.0906. The van der Waals surface area contributed by atoms with Gasteiger partial charge in [-0.25, -0.2) is 4.98 Å². The number of hydrogen-bond donors (Lipinski definition) is 1. The van der Waals surface area contributed by atoms with Crippen molar-refractivity contribution >= 4 is 21.8 Å². The Morgan fingerprint density at radius 2 is 1.88 bits per heavy atom. The van der Waals surface area contributed by atoms with Gasteiger partial charge in [-0.2, -0.15) is 0 Å². The van der Waals surface area contributed by atoms with Gasteiger partial charge in [-0.1, -0.05) is 28.1 Å². The van der Waals surface area contributed by atoms with Gasteiger partial charge in [-0.3, -0.25) is 9.69 Å². The van der Waals surface area contributed by atoms with Crippen LogP contribution in [0.4, 0.5) is 0 Å². The van der Waals surface area contributed by atoms with E-state index in [9.17, 15) is 4.79 Å². The number of amides is 1. The zero-order chi connectivity index (χ0) is 22.3. The molecule has 1 saturated heterocycles. The Morgan fingerprint density at radius 3 is 2.62 bits per heavy atom. The summed E-state index contributed by atoms with van der Waals surface area (Å²) < 4.78 is 12.1. The third-order valence-corrected chi connectivity index (χ3v) is 6.04. The Labute approximate surface area is 196 Å². The van der Waals surface area contributed by atoms with E-state index in [-0.39, 0.29) is 11.9 Å². The lowest BCUT2D eigenvalue weighted by Gasteiger charge is -2.32. The molecule has 1 amide bonds. The molecule has 0 radical (unpaired) electrons. The molecule has 1 aliphatic heterocycles. The lowest BCUT2D eigenvalue weighted by atomic mass is 10.0. The molecule has 1 fully saturated rings. The van der Waals surface area contributed by atoms with Crippen LogP contribution in [0.3, 0.4) is 0 Å². The molecule has 6 nitrogen and oxygen atoms in total. The van der Waals surface area contributed by atoms with Gasteiger partial charge in [0, 0.05) is 36.3 Å². The van der Waals surface area contributed by atoms with E-state index in [1.165, 1.54) is 5.56 Å². The van der Waals surface area contributed by atoms with Crippen LogP contribution in [0.2, 0.25) is 0 Å². The molecule has 32 heavy (non-hydrogen) atoms. The van der Waals surface area contributed by atoms with Crippen LogP contribution < -0.4 is 14.8 Å². The Balaban J connectivity index is 1.32. The van der Waals surface area contributed by atoms with E-state index in [0.717, 1.165) is 42.7 Å². The number of piperidine rings is 1. The fourth-order valence-corrected chi connectivity index (χ4v) is 4.05. The van der Waals surface area contributed by atoms with E-state index >= 15 is 0 Å². The number of halogens is 1. The molecular weight excluding hydrogens is 470 g/mol. The van der Waals surface area contributed by atoms with Crippen LogP contribution in [0.25, 0.3) is 0 Å². The molecule has 4 rings (SSSR count). The quantitative estimate of drug-likeness (QED) is 0.497. The second-order valence-corrected chi connectivity index (χ2v) is 8.70. The average molecular weight is 496 g/mol. The highest BCUT2D eigenvalue weighted by Crippen LogP contribution is 2.25. The number of nitrogens with zero attached hydrogens (tertiary/aromatic N) is 2. The molecule has 1 aromatic heterocycles. The minimum Gasteiger partial charge on any atom is -0.497 e. The van der Waals surface area contributed by atoms with Crippen molar-refractivity contribution < 1.29 is 14.3 Å². The van der Waals surface area contributed by atoms with E-state index < -0.39 is 0 Å². The van der Waals surface area contributed by atoms with Crippen LogP contribution in [0, 0.1) is 0 Å². The molecule has 0 bridgehead atoms. The fourth-order valence-electron chi connectivity index (χ4n) is 3.79. The fraction of sp³-hybridized carbons (Fsp3) is 0.280. The Bertz CT molecular complexity index is 1050. The molecule has 3 aromatic rings. The van der Waals surface area contributed by atoms with E-state index in [4.69, 9.17) is 9.47 Å². The molecule has 0 atom stereocenters. The first-order valence-electron chi connectivity index (χ1n) is 10.7. The predicted molar refractivity (Wildman–Crippen MR) is 127 cm³/mol. The second-order valence-electron chi connectivity index (χ2n) is 7.79. The number of benzene rings is 2. The summed E-state index contributed by atoms with van der Waals surface area (Å²) >= 11 is 3.41. The molecule has 0 saturated carbocycles. The molecule has 166 valence electrons. The molecule has 0 unspecified atom stereocenters. The third-order valence-electron chi connectivity index (χ3n) is 5.51. The number of nitrogens with one attached hydrogen (secondary N) is 1. The highest BCUT2D eigenvalue weighted by Gasteiger charge is 2.23. The molecule has 7 heteroatoms. The third kappa shape index (κ3) is 5.87. The topological polar surface area (TPSA) is 63.7 Å². The van der Waals surface area contributed by atoms with E-state index in [2.05, 4.69) is 43.3 Å². The van der Waals surface area contributed by atoms with Gasteiger partial charge in [-0.05, 0) is 66.9 Å². The second kappa shape index (κ2) is 10.6. The minimum atomic E-state index is -0.156. The van der Waals surface area contributed by atoms with Crippen LogP contribution in [-0.4, -0.2) is 42.0 Å². The maximum atomic E-state index is 13.0. The van der Waals surface area contributed by atoms with E-state index in [1.807, 2.05) is 36.4 Å².